The molecule has 5 nitrogen and oxygen atoms in total. The second-order valence-corrected chi connectivity index (χ2v) is 7.50. The Morgan fingerprint density at radius 3 is 2.00 bits per heavy atom. The molecule has 0 heterocycles. The molecule has 1 amide bonds. The van der Waals surface area contributed by atoms with Crippen molar-refractivity contribution in [2.45, 2.75) is 53.2 Å². The summed E-state index contributed by atoms with van der Waals surface area (Å²) in [5.41, 5.74) is -0.194. The van der Waals surface area contributed by atoms with Crippen molar-refractivity contribution in [2.75, 3.05) is 0 Å². The monoisotopic (exact) mass is 316 g/mol. The number of ether oxygens (including phenoxy) is 1. The zero-order chi connectivity index (χ0) is 17.8. The molecule has 1 rings (SSSR count). The van der Waals surface area contributed by atoms with E-state index in [2.05, 4.69) is 5.32 Å². The van der Waals surface area contributed by atoms with E-state index in [4.69, 9.17) is 10.00 Å². The Labute approximate surface area is 137 Å². The number of carbonyl (C=O) groups excluding carboxylic acids is 2. The van der Waals surface area contributed by atoms with Gasteiger partial charge in [0.25, 0.3) is 0 Å². The lowest BCUT2D eigenvalue weighted by atomic mass is 9.82. The summed E-state index contributed by atoms with van der Waals surface area (Å²) in [6.45, 7) is 10.9. The van der Waals surface area contributed by atoms with Gasteiger partial charge in [0.15, 0.2) is 5.78 Å². The summed E-state index contributed by atoms with van der Waals surface area (Å²) >= 11 is 0. The SMILES string of the molecule is CC(C)(C)OC(=O)NC(C(=O)c1ccc(C#N)cc1)C(C)(C)C. The molecule has 0 saturated carbocycles. The van der Waals surface area contributed by atoms with Crippen LogP contribution in [0.2, 0.25) is 0 Å². The number of nitrogens with zero attached hydrogens (tertiary/aromatic N) is 1. The molecule has 0 aliphatic heterocycles. The minimum absolute atomic E-state index is 0.215. The maximum absolute atomic E-state index is 12.7. The van der Waals surface area contributed by atoms with Crippen molar-refractivity contribution >= 4 is 11.9 Å². The number of nitrogens with one attached hydrogen (secondary N) is 1. The molecular formula is C18H24N2O3. The van der Waals surface area contributed by atoms with Crippen molar-refractivity contribution in [3.8, 4) is 6.07 Å². The number of Topliss-reactive ketones (excluding diaryl/α,β-unsaturated/α-hetero) is 1. The highest BCUT2D eigenvalue weighted by molar-refractivity contribution is 6.02. The Morgan fingerprint density at radius 2 is 1.61 bits per heavy atom. The molecule has 0 radical (unpaired) electrons. The van der Waals surface area contributed by atoms with Gasteiger partial charge in [-0.15, -0.1) is 0 Å². The number of ketones is 1. The van der Waals surface area contributed by atoms with E-state index in [1.165, 1.54) is 0 Å². The van der Waals surface area contributed by atoms with Crippen LogP contribution in [0.1, 0.15) is 57.5 Å². The van der Waals surface area contributed by atoms with Gasteiger partial charge in [0, 0.05) is 5.56 Å². The zero-order valence-corrected chi connectivity index (χ0v) is 14.6. The number of alkyl carbamates (subject to hydrolysis) is 1. The molecule has 1 N–H and O–H groups in total. The molecule has 0 fully saturated rings. The fraction of sp³-hybridized carbons (Fsp3) is 0.500. The number of rotatable bonds is 3. The Kier molecular flexibility index (Phi) is 5.55. The summed E-state index contributed by atoms with van der Waals surface area (Å²) in [5.74, 6) is -0.215. The molecule has 1 unspecified atom stereocenters. The predicted octanol–water partition coefficient (Wildman–Crippen LogP) is 3.68. The summed E-state index contributed by atoms with van der Waals surface area (Å²) < 4.78 is 5.24. The minimum Gasteiger partial charge on any atom is -0.444 e. The van der Waals surface area contributed by atoms with Crippen molar-refractivity contribution < 1.29 is 14.3 Å². The third-order valence-electron chi connectivity index (χ3n) is 3.09. The molecule has 0 aliphatic carbocycles. The van der Waals surface area contributed by atoms with Crippen LogP contribution in [0.25, 0.3) is 0 Å². The first-order valence-electron chi connectivity index (χ1n) is 7.48. The highest BCUT2D eigenvalue weighted by atomic mass is 16.6. The van der Waals surface area contributed by atoms with Crippen LogP contribution < -0.4 is 5.32 Å². The van der Waals surface area contributed by atoms with Gasteiger partial charge in [-0.3, -0.25) is 4.79 Å². The Hall–Kier alpha value is -2.35. The molecule has 23 heavy (non-hydrogen) atoms. The summed E-state index contributed by atoms with van der Waals surface area (Å²) in [4.78, 5) is 24.8. The molecule has 5 heteroatoms. The van der Waals surface area contributed by atoms with Crippen molar-refractivity contribution in [2.24, 2.45) is 5.41 Å². The van der Waals surface area contributed by atoms with Crippen LogP contribution in [-0.4, -0.2) is 23.5 Å². The Bertz CT molecular complexity index is 614. The predicted molar refractivity (Wildman–Crippen MR) is 88.1 cm³/mol. The van der Waals surface area contributed by atoms with Crippen LogP contribution in [0.5, 0.6) is 0 Å². The Balaban J connectivity index is 3.00. The van der Waals surface area contributed by atoms with Crippen LogP contribution in [0.4, 0.5) is 4.79 Å². The first-order valence-corrected chi connectivity index (χ1v) is 7.48. The van der Waals surface area contributed by atoms with Gasteiger partial charge in [-0.05, 0) is 38.3 Å². The molecule has 1 aromatic carbocycles. The van der Waals surface area contributed by atoms with E-state index in [9.17, 15) is 9.59 Å². The van der Waals surface area contributed by atoms with Crippen LogP contribution in [0, 0.1) is 16.7 Å². The number of carbonyl (C=O) groups is 2. The topological polar surface area (TPSA) is 79.2 Å². The summed E-state index contributed by atoms with van der Waals surface area (Å²) in [6.07, 6.45) is -0.626. The first-order chi connectivity index (χ1) is 10.4. The van der Waals surface area contributed by atoms with Gasteiger partial charge in [-0.2, -0.15) is 5.26 Å². The number of amides is 1. The lowest BCUT2D eigenvalue weighted by Crippen LogP contribution is -2.50. The zero-order valence-electron chi connectivity index (χ0n) is 14.6. The summed E-state index contributed by atoms with van der Waals surface area (Å²) in [7, 11) is 0. The van der Waals surface area contributed by atoms with Gasteiger partial charge in [0.05, 0.1) is 11.6 Å². The maximum Gasteiger partial charge on any atom is 0.408 e. The van der Waals surface area contributed by atoms with Gasteiger partial charge >= 0.3 is 6.09 Å². The number of nitriles is 1. The largest absolute Gasteiger partial charge is 0.444 e. The molecule has 0 aliphatic rings. The van der Waals surface area contributed by atoms with E-state index in [0.717, 1.165) is 0 Å². The van der Waals surface area contributed by atoms with Crippen molar-refractivity contribution in [1.29, 1.82) is 5.26 Å². The second-order valence-electron chi connectivity index (χ2n) is 7.50. The van der Waals surface area contributed by atoms with Crippen molar-refractivity contribution in [3.63, 3.8) is 0 Å². The number of benzene rings is 1. The van der Waals surface area contributed by atoms with Crippen LogP contribution in [0.15, 0.2) is 24.3 Å². The normalized spacial score (nSPS) is 12.9. The van der Waals surface area contributed by atoms with E-state index in [-0.39, 0.29) is 5.78 Å². The van der Waals surface area contributed by atoms with E-state index in [1.54, 1.807) is 45.0 Å². The molecule has 0 aromatic heterocycles. The molecule has 124 valence electrons. The Morgan fingerprint density at radius 1 is 1.09 bits per heavy atom. The minimum atomic E-state index is -0.731. The lowest BCUT2D eigenvalue weighted by molar-refractivity contribution is 0.0446. The fourth-order valence-electron chi connectivity index (χ4n) is 1.98. The molecule has 1 atom stereocenters. The summed E-state index contributed by atoms with van der Waals surface area (Å²) in [5, 5.41) is 11.5. The third kappa shape index (κ3) is 5.74. The highest BCUT2D eigenvalue weighted by Crippen LogP contribution is 2.23. The number of hydrogen-bond donors (Lipinski definition) is 1. The van der Waals surface area contributed by atoms with Gasteiger partial charge in [0.2, 0.25) is 0 Å². The molecular weight excluding hydrogens is 292 g/mol. The van der Waals surface area contributed by atoms with Gasteiger partial charge in [-0.1, -0.05) is 32.9 Å². The highest BCUT2D eigenvalue weighted by Gasteiger charge is 2.34. The van der Waals surface area contributed by atoms with Crippen LogP contribution in [-0.2, 0) is 4.74 Å². The molecule has 1 aromatic rings. The number of hydrogen-bond acceptors (Lipinski definition) is 4. The second kappa shape index (κ2) is 6.82. The van der Waals surface area contributed by atoms with Crippen LogP contribution in [0.3, 0.4) is 0 Å². The van der Waals surface area contributed by atoms with E-state index in [1.807, 2.05) is 26.8 Å². The third-order valence-corrected chi connectivity index (χ3v) is 3.09. The van der Waals surface area contributed by atoms with Crippen molar-refractivity contribution in [1.82, 2.24) is 5.32 Å². The van der Waals surface area contributed by atoms with E-state index < -0.39 is 23.2 Å². The molecule has 0 spiro atoms. The fourth-order valence-corrected chi connectivity index (χ4v) is 1.98. The average Bonchev–Trinajstić information content (AvgIpc) is 2.41. The van der Waals surface area contributed by atoms with E-state index >= 15 is 0 Å². The maximum atomic E-state index is 12.7. The molecule has 0 bridgehead atoms. The standard InChI is InChI=1S/C18H24N2O3/c1-17(2,3)15(20-16(22)23-18(4,5)6)14(21)13-9-7-12(11-19)8-10-13/h7-10,15H,1-6H3,(H,20,22). The van der Waals surface area contributed by atoms with Gasteiger partial charge in [0.1, 0.15) is 11.6 Å². The van der Waals surface area contributed by atoms with Gasteiger partial charge < -0.3 is 10.1 Å². The smallest absolute Gasteiger partial charge is 0.408 e. The summed E-state index contributed by atoms with van der Waals surface area (Å²) in [6, 6.07) is 7.63. The molecule has 0 saturated heterocycles. The quantitative estimate of drug-likeness (QED) is 0.863. The van der Waals surface area contributed by atoms with E-state index in [0.29, 0.717) is 11.1 Å². The first kappa shape index (κ1) is 18.7. The van der Waals surface area contributed by atoms with Crippen LogP contribution >= 0.6 is 0 Å². The van der Waals surface area contributed by atoms with Crippen molar-refractivity contribution in [3.05, 3.63) is 35.4 Å². The average molecular weight is 316 g/mol. The van der Waals surface area contributed by atoms with Gasteiger partial charge in [-0.25, -0.2) is 4.79 Å². The lowest BCUT2D eigenvalue weighted by Gasteiger charge is -2.31.